The van der Waals surface area contributed by atoms with E-state index in [1.54, 1.807) is 6.07 Å². The lowest BCUT2D eigenvalue weighted by Gasteiger charge is -2.33. The summed E-state index contributed by atoms with van der Waals surface area (Å²) in [5, 5.41) is 0. The van der Waals surface area contributed by atoms with Gasteiger partial charge in [0.2, 0.25) is 10.0 Å². The highest BCUT2D eigenvalue weighted by Crippen LogP contribution is 2.24. The summed E-state index contributed by atoms with van der Waals surface area (Å²) in [4.78, 5) is 12.7. The van der Waals surface area contributed by atoms with E-state index in [9.17, 15) is 22.0 Å². The number of amides is 1. The van der Waals surface area contributed by atoms with Crippen LogP contribution in [0.25, 0.3) is 0 Å². The highest BCUT2D eigenvalue weighted by Gasteiger charge is 2.34. The van der Waals surface area contributed by atoms with Gasteiger partial charge in [-0.2, -0.15) is 4.31 Å². The zero-order chi connectivity index (χ0) is 18.2. The summed E-state index contributed by atoms with van der Waals surface area (Å²) < 4.78 is 59.2. The van der Waals surface area contributed by atoms with E-state index < -0.39 is 26.6 Å². The Bertz CT molecular complexity index is 888. The molecular formula is C15H13BrF2N2O4S. The van der Waals surface area contributed by atoms with E-state index in [1.807, 2.05) is 0 Å². The summed E-state index contributed by atoms with van der Waals surface area (Å²) in [5.74, 6) is -2.53. The minimum absolute atomic E-state index is 0.0657. The number of benzene rings is 1. The van der Waals surface area contributed by atoms with Crippen LogP contribution >= 0.6 is 15.9 Å². The number of piperazine rings is 1. The number of furan rings is 1. The smallest absolute Gasteiger partial charge is 0.289 e. The molecule has 0 N–H and O–H groups in total. The van der Waals surface area contributed by atoms with Crippen molar-refractivity contribution < 1.29 is 26.4 Å². The molecule has 1 fully saturated rings. The van der Waals surface area contributed by atoms with Crippen LogP contribution in [0.5, 0.6) is 0 Å². The molecule has 10 heteroatoms. The van der Waals surface area contributed by atoms with Gasteiger partial charge < -0.3 is 9.32 Å². The molecule has 0 bridgehead atoms. The average molecular weight is 435 g/mol. The van der Waals surface area contributed by atoms with E-state index in [0.717, 1.165) is 22.5 Å². The largest absolute Gasteiger partial charge is 0.444 e. The Labute approximate surface area is 151 Å². The van der Waals surface area contributed by atoms with Gasteiger partial charge in [-0.05, 0) is 40.2 Å². The molecule has 0 spiro atoms. The first-order chi connectivity index (χ1) is 11.8. The monoisotopic (exact) mass is 434 g/mol. The molecule has 0 unspecified atom stereocenters. The fourth-order valence-corrected chi connectivity index (χ4v) is 4.41. The van der Waals surface area contributed by atoms with Gasteiger partial charge in [-0.25, -0.2) is 17.2 Å². The van der Waals surface area contributed by atoms with E-state index >= 15 is 0 Å². The van der Waals surface area contributed by atoms with Gasteiger partial charge in [0.05, 0.1) is 0 Å². The fourth-order valence-electron chi connectivity index (χ4n) is 2.57. The Kier molecular flexibility index (Phi) is 4.94. The summed E-state index contributed by atoms with van der Waals surface area (Å²) in [6.07, 6.45) is 0. The molecule has 0 aliphatic carbocycles. The predicted octanol–water partition coefficient (Wildman–Crippen LogP) is 2.47. The van der Waals surface area contributed by atoms with Crippen molar-refractivity contribution in [3.05, 3.63) is 52.4 Å². The van der Waals surface area contributed by atoms with E-state index in [0.29, 0.717) is 4.67 Å². The van der Waals surface area contributed by atoms with Crippen molar-refractivity contribution in [1.29, 1.82) is 0 Å². The molecule has 1 saturated heterocycles. The summed E-state index contributed by atoms with van der Waals surface area (Å²) >= 11 is 3.10. The van der Waals surface area contributed by atoms with Crippen LogP contribution in [0.3, 0.4) is 0 Å². The van der Waals surface area contributed by atoms with Crippen LogP contribution < -0.4 is 0 Å². The van der Waals surface area contributed by atoms with Gasteiger partial charge in [0.15, 0.2) is 15.3 Å². The molecule has 2 aromatic rings. The number of sulfonamides is 1. The Morgan fingerprint density at radius 3 is 2.16 bits per heavy atom. The molecule has 1 amide bonds. The summed E-state index contributed by atoms with van der Waals surface area (Å²) in [7, 11) is -4.32. The highest BCUT2D eigenvalue weighted by atomic mass is 79.9. The highest BCUT2D eigenvalue weighted by molar-refractivity contribution is 9.10. The van der Waals surface area contributed by atoms with E-state index in [2.05, 4.69) is 15.9 Å². The third-order valence-corrected chi connectivity index (χ3v) is 6.20. The third kappa shape index (κ3) is 3.46. The van der Waals surface area contributed by atoms with Gasteiger partial charge in [0.1, 0.15) is 11.6 Å². The molecular weight excluding hydrogens is 422 g/mol. The first kappa shape index (κ1) is 18.0. The fraction of sp³-hybridized carbons (Fsp3) is 0.267. The Morgan fingerprint density at radius 2 is 1.64 bits per heavy atom. The van der Waals surface area contributed by atoms with Crippen molar-refractivity contribution in [2.75, 3.05) is 26.2 Å². The number of carbonyl (C=O) groups excluding carboxylic acids is 1. The number of hydrogen-bond acceptors (Lipinski definition) is 4. The second-order valence-corrected chi connectivity index (χ2v) is 8.01. The van der Waals surface area contributed by atoms with Crippen molar-refractivity contribution >= 4 is 31.9 Å². The molecule has 1 aliphatic heterocycles. The van der Waals surface area contributed by atoms with Crippen LogP contribution in [0.15, 0.2) is 44.3 Å². The minimum atomic E-state index is -4.32. The van der Waals surface area contributed by atoms with Gasteiger partial charge in [0.25, 0.3) is 5.91 Å². The maximum absolute atomic E-state index is 13.8. The normalized spacial score (nSPS) is 16.2. The standard InChI is InChI=1S/C15H13BrF2N2O4S/c16-13-5-4-12(24-13)15(21)19-6-8-20(9-7-19)25(22,23)14-10(17)2-1-3-11(14)18/h1-5H,6-9H2. The molecule has 0 saturated carbocycles. The van der Waals surface area contributed by atoms with Crippen LogP contribution in [0.2, 0.25) is 0 Å². The maximum atomic E-state index is 13.8. The van der Waals surface area contributed by atoms with Crippen molar-refractivity contribution in [2.24, 2.45) is 0 Å². The summed E-state index contributed by atoms with van der Waals surface area (Å²) in [6, 6.07) is 5.97. The zero-order valence-electron chi connectivity index (χ0n) is 12.8. The molecule has 1 aromatic carbocycles. The molecule has 6 nitrogen and oxygen atoms in total. The number of nitrogens with zero attached hydrogens (tertiary/aromatic N) is 2. The third-order valence-electron chi connectivity index (χ3n) is 3.83. The minimum Gasteiger partial charge on any atom is -0.444 e. The average Bonchev–Trinajstić information content (AvgIpc) is 3.00. The number of halogens is 3. The molecule has 3 rings (SSSR count). The van der Waals surface area contributed by atoms with Crippen molar-refractivity contribution in [3.63, 3.8) is 0 Å². The van der Waals surface area contributed by atoms with Gasteiger partial charge in [-0.1, -0.05) is 6.07 Å². The lowest BCUT2D eigenvalue weighted by atomic mass is 10.3. The number of hydrogen-bond donors (Lipinski definition) is 0. The summed E-state index contributed by atoms with van der Waals surface area (Å²) in [6.45, 7) is 0.0480. The van der Waals surface area contributed by atoms with Gasteiger partial charge in [-0.15, -0.1) is 0 Å². The lowest BCUT2D eigenvalue weighted by molar-refractivity contribution is 0.0664. The Balaban J connectivity index is 1.75. The Hall–Kier alpha value is -1.78. The molecule has 2 heterocycles. The van der Waals surface area contributed by atoms with Gasteiger partial charge >= 0.3 is 0 Å². The molecule has 0 radical (unpaired) electrons. The van der Waals surface area contributed by atoms with Crippen molar-refractivity contribution in [3.8, 4) is 0 Å². The van der Waals surface area contributed by atoms with Crippen molar-refractivity contribution in [1.82, 2.24) is 9.21 Å². The maximum Gasteiger partial charge on any atom is 0.289 e. The van der Waals surface area contributed by atoms with E-state index in [4.69, 9.17) is 4.42 Å². The molecule has 1 aromatic heterocycles. The van der Waals surface area contributed by atoms with Crippen LogP contribution in [-0.2, 0) is 10.0 Å². The lowest BCUT2D eigenvalue weighted by Crippen LogP contribution is -2.50. The predicted molar refractivity (Wildman–Crippen MR) is 87.4 cm³/mol. The molecule has 134 valence electrons. The van der Waals surface area contributed by atoms with Crippen LogP contribution in [-0.4, -0.2) is 49.7 Å². The number of carbonyl (C=O) groups is 1. The zero-order valence-corrected chi connectivity index (χ0v) is 15.2. The van der Waals surface area contributed by atoms with Gasteiger partial charge in [0, 0.05) is 26.2 Å². The van der Waals surface area contributed by atoms with Crippen LogP contribution in [0.1, 0.15) is 10.6 Å². The first-order valence-corrected chi connectivity index (χ1v) is 9.53. The molecule has 1 aliphatic rings. The second kappa shape index (κ2) is 6.85. The van der Waals surface area contributed by atoms with E-state index in [-0.39, 0.29) is 37.8 Å². The van der Waals surface area contributed by atoms with Crippen LogP contribution in [0, 0.1) is 11.6 Å². The Morgan fingerprint density at radius 1 is 1.04 bits per heavy atom. The quantitative estimate of drug-likeness (QED) is 0.743. The molecule has 25 heavy (non-hydrogen) atoms. The van der Waals surface area contributed by atoms with Crippen molar-refractivity contribution in [2.45, 2.75) is 4.90 Å². The summed E-state index contributed by atoms with van der Waals surface area (Å²) in [5.41, 5.74) is 0. The topological polar surface area (TPSA) is 70.8 Å². The molecule has 0 atom stereocenters. The van der Waals surface area contributed by atoms with Crippen LogP contribution in [0.4, 0.5) is 8.78 Å². The van der Waals surface area contributed by atoms with Gasteiger partial charge in [-0.3, -0.25) is 4.79 Å². The number of rotatable bonds is 3. The first-order valence-electron chi connectivity index (χ1n) is 7.29. The SMILES string of the molecule is O=C(c1ccc(Br)o1)N1CCN(S(=O)(=O)c2c(F)cccc2F)CC1. The second-order valence-electron chi connectivity index (χ2n) is 5.35. The van der Waals surface area contributed by atoms with E-state index in [1.165, 1.54) is 11.0 Å².